The second-order valence-electron chi connectivity index (χ2n) is 4.97. The molecule has 0 aliphatic carbocycles. The monoisotopic (exact) mass is 234 g/mol. The molecule has 1 nitrogen and oxygen atoms in total. The van der Waals surface area contributed by atoms with E-state index < -0.39 is 9.04 Å². The lowest BCUT2D eigenvalue weighted by molar-refractivity contribution is 0.564. The van der Waals surface area contributed by atoms with Gasteiger partial charge in [0.2, 0.25) is 0 Å². The van der Waals surface area contributed by atoms with Gasteiger partial charge in [-0.3, -0.25) is 0 Å². The van der Waals surface area contributed by atoms with E-state index >= 15 is 0 Å². The van der Waals surface area contributed by atoms with Crippen molar-refractivity contribution >= 4 is 24.5 Å². The molecule has 0 spiro atoms. The molecular formula is C12H18OSi2. The van der Waals surface area contributed by atoms with E-state index in [4.69, 9.17) is 4.43 Å². The quantitative estimate of drug-likeness (QED) is 0.714. The van der Waals surface area contributed by atoms with Gasteiger partial charge in [0.1, 0.15) is 5.75 Å². The maximum absolute atomic E-state index is 5.83. The molecule has 0 N–H and O–H groups in total. The third kappa shape index (κ3) is 3.50. The smallest absolute Gasteiger partial charge is 0.274 e. The number of rotatable bonds is 2. The molecule has 1 aromatic rings. The van der Waals surface area contributed by atoms with Crippen LogP contribution in [0.3, 0.4) is 0 Å². The fourth-order valence-electron chi connectivity index (χ4n) is 1.29. The highest BCUT2D eigenvalue weighted by Crippen LogP contribution is 2.24. The average molecular weight is 234 g/mol. The second kappa shape index (κ2) is 4.53. The lowest BCUT2D eigenvalue weighted by atomic mass is 9.87. The van der Waals surface area contributed by atoms with E-state index in [1.54, 1.807) is 0 Å². The molecule has 0 aliphatic heterocycles. The molecule has 3 heteroatoms. The molecule has 15 heavy (non-hydrogen) atoms. The Balaban J connectivity index is 3.06. The van der Waals surface area contributed by atoms with Crippen LogP contribution in [0, 0.1) is 0 Å². The van der Waals surface area contributed by atoms with Crippen molar-refractivity contribution in [3.63, 3.8) is 0 Å². The molecular weight excluding hydrogens is 216 g/mol. The van der Waals surface area contributed by atoms with Gasteiger partial charge in [-0.2, -0.15) is 0 Å². The van der Waals surface area contributed by atoms with Gasteiger partial charge >= 0.3 is 0 Å². The van der Waals surface area contributed by atoms with Crippen molar-refractivity contribution in [1.82, 2.24) is 0 Å². The molecule has 0 atom stereocenters. The molecule has 0 amide bonds. The van der Waals surface area contributed by atoms with Crippen molar-refractivity contribution in [3.05, 3.63) is 23.8 Å². The first-order valence-electron chi connectivity index (χ1n) is 5.15. The highest BCUT2D eigenvalue weighted by molar-refractivity contribution is 6.50. The van der Waals surface area contributed by atoms with Crippen molar-refractivity contribution in [1.29, 1.82) is 0 Å². The molecule has 0 bridgehead atoms. The lowest BCUT2D eigenvalue weighted by Crippen LogP contribution is -2.20. The molecule has 0 fully saturated rings. The SMILES string of the molecule is C[Si](C)Oc1cc(C(C)(C)C)ccc1[Si]. The van der Waals surface area contributed by atoms with Crippen LogP contribution in [-0.4, -0.2) is 19.3 Å². The summed E-state index contributed by atoms with van der Waals surface area (Å²) in [7, 11) is 2.87. The van der Waals surface area contributed by atoms with E-state index in [1.807, 2.05) is 0 Å². The van der Waals surface area contributed by atoms with Gasteiger partial charge in [-0.05, 0) is 35.3 Å². The molecule has 0 saturated carbocycles. The van der Waals surface area contributed by atoms with Gasteiger partial charge in [-0.1, -0.05) is 32.9 Å². The van der Waals surface area contributed by atoms with E-state index in [9.17, 15) is 0 Å². The first-order chi connectivity index (χ1) is 6.80. The third-order valence-corrected chi connectivity index (χ3v) is 3.20. The molecule has 0 aliphatic rings. The Morgan fingerprint density at radius 2 is 1.80 bits per heavy atom. The molecule has 1 rings (SSSR count). The van der Waals surface area contributed by atoms with Crippen LogP contribution in [-0.2, 0) is 5.41 Å². The minimum Gasteiger partial charge on any atom is -0.543 e. The van der Waals surface area contributed by atoms with E-state index in [0.717, 1.165) is 10.9 Å². The van der Waals surface area contributed by atoms with Crippen molar-refractivity contribution in [2.75, 3.05) is 0 Å². The van der Waals surface area contributed by atoms with Gasteiger partial charge < -0.3 is 4.43 Å². The third-order valence-electron chi connectivity index (χ3n) is 2.16. The van der Waals surface area contributed by atoms with Crippen LogP contribution in [0.2, 0.25) is 13.1 Å². The number of hydrogen-bond acceptors (Lipinski definition) is 1. The van der Waals surface area contributed by atoms with Crippen LogP contribution in [0.1, 0.15) is 26.3 Å². The van der Waals surface area contributed by atoms with E-state index in [-0.39, 0.29) is 5.41 Å². The van der Waals surface area contributed by atoms with Gasteiger partial charge in [-0.25, -0.2) is 0 Å². The summed E-state index contributed by atoms with van der Waals surface area (Å²) in [5, 5.41) is 1.04. The molecule has 0 unspecified atom stereocenters. The highest BCUT2D eigenvalue weighted by Gasteiger charge is 2.15. The Bertz CT molecular complexity index is 340. The summed E-state index contributed by atoms with van der Waals surface area (Å²) in [6.45, 7) is 10.9. The zero-order valence-electron chi connectivity index (χ0n) is 10.1. The summed E-state index contributed by atoms with van der Waals surface area (Å²) in [5.41, 5.74) is 1.48. The zero-order chi connectivity index (χ0) is 11.6. The van der Waals surface area contributed by atoms with Crippen molar-refractivity contribution < 1.29 is 4.43 Å². The lowest BCUT2D eigenvalue weighted by Gasteiger charge is -2.21. The summed E-state index contributed by atoms with van der Waals surface area (Å²) >= 11 is 0. The van der Waals surface area contributed by atoms with Crippen LogP contribution in [0.25, 0.3) is 0 Å². The van der Waals surface area contributed by atoms with Gasteiger partial charge in [-0.15, -0.1) is 0 Å². The fraction of sp³-hybridized carbons (Fsp3) is 0.500. The standard InChI is InChI=1S/C12H18OSi2/c1-12(2,3)9-6-7-11(14)10(8-9)13-15(4)5/h6-8H,1-5H3. The molecule has 0 heterocycles. The molecule has 0 aromatic heterocycles. The summed E-state index contributed by atoms with van der Waals surface area (Å²) in [4.78, 5) is 0. The maximum atomic E-state index is 5.83. The van der Waals surface area contributed by atoms with Gasteiger partial charge in [0.25, 0.3) is 9.04 Å². The number of benzene rings is 1. The zero-order valence-corrected chi connectivity index (χ0v) is 12.1. The molecule has 1 aromatic carbocycles. The topological polar surface area (TPSA) is 9.23 Å². The van der Waals surface area contributed by atoms with Crippen molar-refractivity contribution in [3.8, 4) is 5.75 Å². The predicted octanol–water partition coefficient (Wildman–Crippen LogP) is 2.41. The molecule has 4 radical (unpaired) electrons. The van der Waals surface area contributed by atoms with E-state index in [2.05, 4.69) is 62.3 Å². The van der Waals surface area contributed by atoms with Crippen molar-refractivity contribution in [2.24, 2.45) is 0 Å². The summed E-state index contributed by atoms with van der Waals surface area (Å²) in [6.07, 6.45) is 0. The summed E-state index contributed by atoms with van der Waals surface area (Å²) in [6, 6.07) is 6.35. The van der Waals surface area contributed by atoms with Crippen LogP contribution < -0.4 is 9.61 Å². The van der Waals surface area contributed by atoms with Crippen molar-refractivity contribution in [2.45, 2.75) is 39.3 Å². The summed E-state index contributed by atoms with van der Waals surface area (Å²) in [5.74, 6) is 0.970. The first kappa shape index (κ1) is 12.5. The van der Waals surface area contributed by atoms with Crippen LogP contribution >= 0.6 is 0 Å². The fourth-order valence-corrected chi connectivity index (χ4v) is 2.21. The van der Waals surface area contributed by atoms with Gasteiger partial charge in [0, 0.05) is 0 Å². The Labute approximate surface area is 98.0 Å². The normalized spacial score (nSPS) is 11.9. The van der Waals surface area contributed by atoms with E-state index in [1.165, 1.54) is 5.56 Å². The summed E-state index contributed by atoms with van der Waals surface area (Å²) < 4.78 is 5.83. The van der Waals surface area contributed by atoms with Gasteiger partial charge in [0.05, 0.1) is 10.2 Å². The van der Waals surface area contributed by atoms with E-state index in [0.29, 0.717) is 0 Å². The van der Waals surface area contributed by atoms with Crippen LogP contribution in [0.5, 0.6) is 5.75 Å². The highest BCUT2D eigenvalue weighted by atomic mass is 28.3. The maximum Gasteiger partial charge on any atom is 0.274 e. The van der Waals surface area contributed by atoms with Gasteiger partial charge in [0.15, 0.2) is 0 Å². The largest absolute Gasteiger partial charge is 0.543 e. The Morgan fingerprint density at radius 1 is 1.20 bits per heavy atom. The molecule has 0 saturated heterocycles. The Kier molecular flexibility index (Phi) is 3.78. The molecule has 80 valence electrons. The van der Waals surface area contributed by atoms with Crippen LogP contribution in [0.4, 0.5) is 0 Å². The second-order valence-corrected chi connectivity index (χ2v) is 7.53. The minimum atomic E-state index is -0.702. The minimum absolute atomic E-state index is 0.173. The Hall–Kier alpha value is -0.546. The first-order valence-corrected chi connectivity index (χ1v) is 8.05. The average Bonchev–Trinajstić information content (AvgIpc) is 2.06. The predicted molar refractivity (Wildman–Crippen MR) is 68.6 cm³/mol. The Morgan fingerprint density at radius 3 is 2.27 bits per heavy atom. The number of hydrogen-bond donors (Lipinski definition) is 0. The van der Waals surface area contributed by atoms with Crippen LogP contribution in [0.15, 0.2) is 18.2 Å².